The Bertz CT molecular complexity index is 725. The van der Waals surface area contributed by atoms with Crippen LogP contribution in [0.25, 0.3) is 16.3 Å². The predicted molar refractivity (Wildman–Crippen MR) is 89.1 cm³/mol. The third-order valence-electron chi connectivity index (χ3n) is 4.04. The molecule has 0 fully saturated rings. The summed E-state index contributed by atoms with van der Waals surface area (Å²) in [6.07, 6.45) is 5.38. The second kappa shape index (κ2) is 5.84. The van der Waals surface area contributed by atoms with Gasteiger partial charge in [0.1, 0.15) is 0 Å². The Morgan fingerprint density at radius 2 is 1.90 bits per heavy atom. The van der Waals surface area contributed by atoms with Crippen LogP contribution in [0.2, 0.25) is 0 Å². The molecule has 0 saturated heterocycles. The molecule has 21 heavy (non-hydrogen) atoms. The molecule has 1 N–H and O–H groups in total. The molecule has 0 atom stereocenters. The number of aliphatic hydroxyl groups is 1. The lowest BCUT2D eigenvalue weighted by atomic mass is 9.92. The van der Waals surface area contributed by atoms with Crippen LogP contribution in [0.3, 0.4) is 0 Å². The maximum Gasteiger partial charge on any atom is 0.0693 e. The number of hydrogen-bond donors (Lipinski definition) is 1. The molecule has 0 bridgehead atoms. The molecule has 0 radical (unpaired) electrons. The van der Waals surface area contributed by atoms with Crippen molar-refractivity contribution in [3.05, 3.63) is 65.3 Å². The Morgan fingerprint density at radius 1 is 1.10 bits per heavy atom. The Hall–Kier alpha value is -1.90. The number of nitrogens with zero attached hydrogens (tertiary/aromatic N) is 1. The molecule has 2 aromatic rings. The summed E-state index contributed by atoms with van der Waals surface area (Å²) in [7, 11) is 4.17. The SMILES string of the molecule is CN(C)CC1=C(c2ccc3ccccc3c2CO)CC=C1. The van der Waals surface area contributed by atoms with E-state index < -0.39 is 0 Å². The van der Waals surface area contributed by atoms with Crippen LogP contribution in [0.4, 0.5) is 0 Å². The van der Waals surface area contributed by atoms with Crippen LogP contribution >= 0.6 is 0 Å². The zero-order valence-electron chi connectivity index (χ0n) is 12.6. The van der Waals surface area contributed by atoms with Gasteiger partial charge in [-0.05, 0) is 53.6 Å². The van der Waals surface area contributed by atoms with Gasteiger partial charge in [-0.1, -0.05) is 48.6 Å². The van der Waals surface area contributed by atoms with Crippen molar-refractivity contribution in [3.8, 4) is 0 Å². The molecule has 108 valence electrons. The molecule has 0 spiro atoms. The summed E-state index contributed by atoms with van der Waals surface area (Å²) in [5, 5.41) is 12.2. The molecule has 0 unspecified atom stereocenters. The number of aliphatic hydroxyl groups excluding tert-OH is 1. The Labute approximate surface area is 126 Å². The van der Waals surface area contributed by atoms with Gasteiger partial charge in [-0.15, -0.1) is 0 Å². The van der Waals surface area contributed by atoms with Crippen LogP contribution in [0.1, 0.15) is 17.5 Å². The van der Waals surface area contributed by atoms with Gasteiger partial charge in [-0.25, -0.2) is 0 Å². The fourth-order valence-electron chi connectivity index (χ4n) is 3.11. The van der Waals surface area contributed by atoms with Crippen molar-refractivity contribution in [1.29, 1.82) is 0 Å². The normalized spacial score (nSPS) is 14.7. The first-order chi connectivity index (χ1) is 10.2. The molecule has 1 aliphatic rings. The van der Waals surface area contributed by atoms with Gasteiger partial charge in [-0.2, -0.15) is 0 Å². The van der Waals surface area contributed by atoms with Gasteiger partial charge in [-0.3, -0.25) is 0 Å². The van der Waals surface area contributed by atoms with Crippen molar-refractivity contribution >= 4 is 16.3 Å². The van der Waals surface area contributed by atoms with Crippen molar-refractivity contribution in [2.75, 3.05) is 20.6 Å². The summed E-state index contributed by atoms with van der Waals surface area (Å²) >= 11 is 0. The van der Waals surface area contributed by atoms with Crippen molar-refractivity contribution in [1.82, 2.24) is 4.90 Å². The number of hydrogen-bond acceptors (Lipinski definition) is 2. The maximum atomic E-state index is 9.89. The van der Waals surface area contributed by atoms with E-state index in [0.29, 0.717) is 0 Å². The fourth-order valence-corrected chi connectivity index (χ4v) is 3.11. The van der Waals surface area contributed by atoms with E-state index in [-0.39, 0.29) is 6.61 Å². The highest BCUT2D eigenvalue weighted by molar-refractivity contribution is 5.91. The average Bonchev–Trinajstić information content (AvgIpc) is 2.93. The third kappa shape index (κ3) is 2.65. The number of allylic oxidation sites excluding steroid dienone is 2. The zero-order valence-corrected chi connectivity index (χ0v) is 12.6. The molecule has 2 aromatic carbocycles. The van der Waals surface area contributed by atoms with Gasteiger partial charge < -0.3 is 10.0 Å². The van der Waals surface area contributed by atoms with E-state index in [1.807, 2.05) is 12.1 Å². The predicted octanol–water partition coefficient (Wildman–Crippen LogP) is 3.61. The van der Waals surface area contributed by atoms with E-state index in [1.54, 1.807) is 0 Å². The van der Waals surface area contributed by atoms with E-state index in [4.69, 9.17) is 0 Å². The number of rotatable bonds is 4. The molecular weight excluding hydrogens is 258 g/mol. The van der Waals surface area contributed by atoms with Crippen LogP contribution in [0.15, 0.2) is 54.1 Å². The standard InChI is InChI=1S/C19H21NO/c1-20(2)12-15-7-5-9-17(15)18-11-10-14-6-3-4-8-16(14)19(18)13-21/h3-8,10-11,21H,9,12-13H2,1-2H3. The molecule has 2 heteroatoms. The minimum absolute atomic E-state index is 0.0788. The molecule has 0 heterocycles. The van der Waals surface area contributed by atoms with Crippen LogP contribution in [-0.4, -0.2) is 30.6 Å². The van der Waals surface area contributed by atoms with E-state index in [9.17, 15) is 5.11 Å². The second-order valence-electron chi connectivity index (χ2n) is 5.82. The summed E-state index contributed by atoms with van der Waals surface area (Å²) in [5.74, 6) is 0. The van der Waals surface area contributed by atoms with Gasteiger partial charge in [0.05, 0.1) is 6.61 Å². The highest BCUT2D eigenvalue weighted by atomic mass is 16.3. The maximum absolute atomic E-state index is 9.89. The van der Waals surface area contributed by atoms with Gasteiger partial charge in [0.2, 0.25) is 0 Å². The number of benzene rings is 2. The van der Waals surface area contributed by atoms with Gasteiger partial charge in [0.15, 0.2) is 0 Å². The van der Waals surface area contributed by atoms with Crippen LogP contribution in [-0.2, 0) is 6.61 Å². The summed E-state index contributed by atoms with van der Waals surface area (Å²) in [4.78, 5) is 2.19. The average molecular weight is 279 g/mol. The first-order valence-corrected chi connectivity index (χ1v) is 7.36. The molecule has 0 saturated carbocycles. The number of fused-ring (bicyclic) bond motifs is 1. The molecule has 0 aromatic heterocycles. The lowest BCUT2D eigenvalue weighted by Crippen LogP contribution is -2.14. The molecule has 2 nitrogen and oxygen atoms in total. The lowest BCUT2D eigenvalue weighted by molar-refractivity contribution is 0.283. The molecule has 0 aliphatic heterocycles. The zero-order chi connectivity index (χ0) is 14.8. The summed E-state index contributed by atoms with van der Waals surface area (Å²) in [5.41, 5.74) is 4.93. The quantitative estimate of drug-likeness (QED) is 0.924. The van der Waals surface area contributed by atoms with Crippen LogP contribution in [0.5, 0.6) is 0 Å². The van der Waals surface area contributed by atoms with Crippen molar-refractivity contribution in [2.45, 2.75) is 13.0 Å². The van der Waals surface area contributed by atoms with Crippen LogP contribution in [0, 0.1) is 0 Å². The van der Waals surface area contributed by atoms with E-state index in [0.717, 1.165) is 23.9 Å². The summed E-state index contributed by atoms with van der Waals surface area (Å²) in [6, 6.07) is 12.6. The third-order valence-corrected chi connectivity index (χ3v) is 4.04. The van der Waals surface area contributed by atoms with Crippen molar-refractivity contribution < 1.29 is 5.11 Å². The van der Waals surface area contributed by atoms with Gasteiger partial charge in [0, 0.05) is 6.54 Å². The minimum atomic E-state index is 0.0788. The summed E-state index contributed by atoms with van der Waals surface area (Å²) in [6.45, 7) is 1.01. The highest BCUT2D eigenvalue weighted by Crippen LogP contribution is 2.34. The van der Waals surface area contributed by atoms with Crippen LogP contribution < -0.4 is 0 Å². The first kappa shape index (κ1) is 14.1. The van der Waals surface area contributed by atoms with Crippen molar-refractivity contribution in [2.24, 2.45) is 0 Å². The monoisotopic (exact) mass is 279 g/mol. The highest BCUT2D eigenvalue weighted by Gasteiger charge is 2.16. The second-order valence-corrected chi connectivity index (χ2v) is 5.82. The van der Waals surface area contributed by atoms with Gasteiger partial charge >= 0.3 is 0 Å². The van der Waals surface area contributed by atoms with E-state index >= 15 is 0 Å². The van der Waals surface area contributed by atoms with Gasteiger partial charge in [0.25, 0.3) is 0 Å². The van der Waals surface area contributed by atoms with E-state index in [2.05, 4.69) is 55.4 Å². The molecule has 0 amide bonds. The number of likely N-dealkylation sites (N-methyl/N-ethyl adjacent to an activating group) is 1. The van der Waals surface area contributed by atoms with Crippen molar-refractivity contribution in [3.63, 3.8) is 0 Å². The van der Waals surface area contributed by atoms with E-state index in [1.165, 1.54) is 22.1 Å². The molecule has 3 rings (SSSR count). The molecule has 1 aliphatic carbocycles. The fraction of sp³-hybridized carbons (Fsp3) is 0.263. The lowest BCUT2D eigenvalue weighted by Gasteiger charge is -2.16. The minimum Gasteiger partial charge on any atom is -0.392 e. The summed E-state index contributed by atoms with van der Waals surface area (Å²) < 4.78 is 0. The topological polar surface area (TPSA) is 23.5 Å². The molecular formula is C19H21NO. The smallest absolute Gasteiger partial charge is 0.0693 e. The largest absolute Gasteiger partial charge is 0.392 e. The first-order valence-electron chi connectivity index (χ1n) is 7.36. The Balaban J connectivity index is 2.16. The Kier molecular flexibility index (Phi) is 3.91. The Morgan fingerprint density at radius 3 is 2.67 bits per heavy atom.